The first kappa shape index (κ1) is 14.5. The second-order valence-electron chi connectivity index (χ2n) is 8.35. The number of carbonyl (C=O) groups is 1. The number of ketones is 1. The number of hydrogen-bond donors (Lipinski definition) is 1. The Morgan fingerprint density at radius 2 is 2.05 bits per heavy atom. The molecule has 0 radical (unpaired) electrons. The van der Waals surface area contributed by atoms with Gasteiger partial charge in [-0.2, -0.15) is 0 Å². The zero-order chi connectivity index (χ0) is 15.5. The quantitative estimate of drug-likeness (QED) is 0.747. The fraction of sp³-hybridized carbons (Fsp3) is 0.737. The Balaban J connectivity index is 1.77. The average Bonchev–Trinajstić information content (AvgIpc) is 2.50. The fourth-order valence-corrected chi connectivity index (χ4v) is 5.83. The van der Waals surface area contributed by atoms with Crippen LogP contribution >= 0.6 is 0 Å². The Kier molecular flexibility index (Phi) is 3.10. The van der Waals surface area contributed by atoms with E-state index in [-0.39, 0.29) is 11.2 Å². The summed E-state index contributed by atoms with van der Waals surface area (Å²) in [6.07, 6.45) is 9.79. The molecule has 3 heteroatoms. The number of allylic oxidation sites excluding steroid dienone is 4. The Morgan fingerprint density at radius 1 is 1.23 bits per heavy atom. The molecule has 0 aromatic rings. The summed E-state index contributed by atoms with van der Waals surface area (Å²) in [5, 5.41) is 0. The van der Waals surface area contributed by atoms with Crippen molar-refractivity contribution in [2.24, 2.45) is 34.3 Å². The van der Waals surface area contributed by atoms with E-state index in [4.69, 9.17) is 10.5 Å². The van der Waals surface area contributed by atoms with Crippen molar-refractivity contribution in [3.63, 3.8) is 0 Å². The van der Waals surface area contributed by atoms with Crippen molar-refractivity contribution >= 4 is 5.78 Å². The first-order valence-corrected chi connectivity index (χ1v) is 8.75. The molecule has 0 aromatic carbocycles. The van der Waals surface area contributed by atoms with E-state index in [1.54, 1.807) is 0 Å². The second-order valence-corrected chi connectivity index (χ2v) is 8.35. The van der Waals surface area contributed by atoms with E-state index < -0.39 is 0 Å². The SMILES string of the molecule is C[C@]12CC[C@H]3[C@@H](C=CC4=C(N)C(=O)CC[C@@]43C)[C@@H]1CCOC2. The van der Waals surface area contributed by atoms with Gasteiger partial charge in [0.2, 0.25) is 0 Å². The zero-order valence-corrected chi connectivity index (χ0v) is 13.7. The molecule has 0 aromatic heterocycles. The van der Waals surface area contributed by atoms with Crippen LogP contribution in [0.25, 0.3) is 0 Å². The summed E-state index contributed by atoms with van der Waals surface area (Å²) in [5.74, 6) is 2.11. The van der Waals surface area contributed by atoms with Crippen LogP contribution in [0.1, 0.15) is 46.0 Å². The van der Waals surface area contributed by atoms with E-state index in [0.717, 1.165) is 25.2 Å². The molecule has 22 heavy (non-hydrogen) atoms. The molecule has 2 N–H and O–H groups in total. The summed E-state index contributed by atoms with van der Waals surface area (Å²) in [6.45, 7) is 6.57. The molecule has 1 aliphatic heterocycles. The number of rotatable bonds is 0. The third-order valence-electron chi connectivity index (χ3n) is 7.24. The lowest BCUT2D eigenvalue weighted by Gasteiger charge is -2.58. The Labute approximate surface area is 133 Å². The third-order valence-corrected chi connectivity index (χ3v) is 7.24. The normalized spacial score (nSPS) is 47.7. The third kappa shape index (κ3) is 1.81. The summed E-state index contributed by atoms with van der Waals surface area (Å²) >= 11 is 0. The molecule has 5 atom stereocenters. The summed E-state index contributed by atoms with van der Waals surface area (Å²) in [5.41, 5.74) is 8.24. The zero-order valence-electron chi connectivity index (χ0n) is 13.7. The van der Waals surface area contributed by atoms with Gasteiger partial charge in [0.25, 0.3) is 0 Å². The molecule has 1 saturated carbocycles. The number of carbonyl (C=O) groups excluding carboxylic acids is 1. The lowest BCUT2D eigenvalue weighted by Crippen LogP contribution is -2.53. The molecular weight excluding hydrogens is 274 g/mol. The molecule has 0 spiro atoms. The van der Waals surface area contributed by atoms with Crippen molar-refractivity contribution in [2.45, 2.75) is 46.0 Å². The Morgan fingerprint density at radius 3 is 2.86 bits per heavy atom. The maximum absolute atomic E-state index is 12.0. The smallest absolute Gasteiger partial charge is 0.178 e. The van der Waals surface area contributed by atoms with E-state index in [1.165, 1.54) is 19.3 Å². The minimum atomic E-state index is 0.0943. The molecule has 3 nitrogen and oxygen atoms in total. The monoisotopic (exact) mass is 301 g/mol. The van der Waals surface area contributed by atoms with Crippen LogP contribution in [-0.2, 0) is 9.53 Å². The standard InChI is InChI=1S/C19H27NO2/c1-18-8-5-14-12(13(18)7-10-22-11-18)3-4-15-17(20)16(21)6-9-19(14,15)2/h3-4,12-14H,5-11,20H2,1-2H3/t12-,13-,14-,18+,19+/m0/s1. The van der Waals surface area contributed by atoms with Crippen molar-refractivity contribution in [1.82, 2.24) is 0 Å². The molecule has 120 valence electrons. The molecular formula is C19H27NO2. The predicted molar refractivity (Wildman–Crippen MR) is 85.9 cm³/mol. The van der Waals surface area contributed by atoms with Crippen LogP contribution in [0.15, 0.2) is 23.4 Å². The fourth-order valence-electron chi connectivity index (χ4n) is 5.83. The minimum absolute atomic E-state index is 0.0943. The van der Waals surface area contributed by atoms with Gasteiger partial charge in [0, 0.05) is 13.0 Å². The highest BCUT2D eigenvalue weighted by Crippen LogP contribution is 2.61. The Hall–Kier alpha value is -1.09. The number of ether oxygens (including phenoxy) is 1. The first-order chi connectivity index (χ1) is 10.5. The Bertz CT molecular complexity index is 578. The van der Waals surface area contributed by atoms with Gasteiger partial charge in [0.15, 0.2) is 5.78 Å². The number of Topliss-reactive ketones (excluding diaryl/α,β-unsaturated/α-hetero) is 1. The van der Waals surface area contributed by atoms with Gasteiger partial charge < -0.3 is 10.5 Å². The highest BCUT2D eigenvalue weighted by atomic mass is 16.5. The van der Waals surface area contributed by atoms with Gasteiger partial charge in [-0.3, -0.25) is 4.79 Å². The first-order valence-electron chi connectivity index (χ1n) is 8.75. The summed E-state index contributed by atoms with van der Waals surface area (Å²) in [6, 6.07) is 0. The highest BCUT2D eigenvalue weighted by Gasteiger charge is 2.55. The van der Waals surface area contributed by atoms with Gasteiger partial charge in [0.05, 0.1) is 12.3 Å². The highest BCUT2D eigenvalue weighted by molar-refractivity contribution is 5.97. The van der Waals surface area contributed by atoms with E-state index in [2.05, 4.69) is 26.0 Å². The van der Waals surface area contributed by atoms with E-state index in [1.807, 2.05) is 0 Å². The summed E-state index contributed by atoms with van der Waals surface area (Å²) < 4.78 is 5.79. The van der Waals surface area contributed by atoms with Gasteiger partial charge in [0.1, 0.15) is 0 Å². The van der Waals surface area contributed by atoms with Crippen LogP contribution in [0, 0.1) is 28.6 Å². The number of hydrogen-bond acceptors (Lipinski definition) is 3. The molecule has 4 rings (SSSR count). The van der Waals surface area contributed by atoms with E-state index >= 15 is 0 Å². The second kappa shape index (κ2) is 4.70. The minimum Gasteiger partial charge on any atom is -0.396 e. The largest absolute Gasteiger partial charge is 0.396 e. The van der Waals surface area contributed by atoms with Gasteiger partial charge in [-0.1, -0.05) is 26.0 Å². The van der Waals surface area contributed by atoms with Crippen LogP contribution < -0.4 is 5.73 Å². The van der Waals surface area contributed by atoms with Gasteiger partial charge in [-0.25, -0.2) is 0 Å². The van der Waals surface area contributed by atoms with Crippen molar-refractivity contribution in [3.05, 3.63) is 23.4 Å². The topological polar surface area (TPSA) is 52.3 Å². The van der Waals surface area contributed by atoms with Crippen LogP contribution in [0.4, 0.5) is 0 Å². The summed E-state index contributed by atoms with van der Waals surface area (Å²) in [4.78, 5) is 12.0. The molecule has 1 heterocycles. The van der Waals surface area contributed by atoms with Crippen LogP contribution in [0.2, 0.25) is 0 Å². The molecule has 4 aliphatic rings. The summed E-state index contributed by atoms with van der Waals surface area (Å²) in [7, 11) is 0. The van der Waals surface area contributed by atoms with Crippen molar-refractivity contribution in [1.29, 1.82) is 0 Å². The number of fused-ring (bicyclic) bond motifs is 5. The van der Waals surface area contributed by atoms with Gasteiger partial charge in [-0.05, 0) is 59.8 Å². The number of nitrogens with two attached hydrogens (primary N) is 1. The molecule has 2 fully saturated rings. The van der Waals surface area contributed by atoms with E-state index in [9.17, 15) is 4.79 Å². The van der Waals surface area contributed by atoms with Crippen molar-refractivity contribution in [2.75, 3.05) is 13.2 Å². The maximum atomic E-state index is 12.0. The average molecular weight is 301 g/mol. The maximum Gasteiger partial charge on any atom is 0.178 e. The van der Waals surface area contributed by atoms with Crippen molar-refractivity contribution in [3.8, 4) is 0 Å². The van der Waals surface area contributed by atoms with E-state index in [0.29, 0.717) is 35.3 Å². The molecule has 1 saturated heterocycles. The molecule has 3 aliphatic carbocycles. The van der Waals surface area contributed by atoms with Crippen LogP contribution in [-0.4, -0.2) is 19.0 Å². The lowest BCUT2D eigenvalue weighted by atomic mass is 9.48. The molecule has 0 amide bonds. The van der Waals surface area contributed by atoms with Gasteiger partial charge >= 0.3 is 0 Å². The molecule has 0 unspecified atom stereocenters. The van der Waals surface area contributed by atoms with Gasteiger partial charge in [-0.15, -0.1) is 0 Å². The van der Waals surface area contributed by atoms with Crippen molar-refractivity contribution < 1.29 is 9.53 Å². The van der Waals surface area contributed by atoms with Crippen LogP contribution in [0.5, 0.6) is 0 Å². The van der Waals surface area contributed by atoms with Crippen LogP contribution in [0.3, 0.4) is 0 Å². The predicted octanol–water partition coefficient (Wildman–Crippen LogP) is 3.21. The lowest BCUT2D eigenvalue weighted by molar-refractivity contribution is -0.121. The molecule has 0 bridgehead atoms.